The minimum absolute atomic E-state index is 0.0262. The molecule has 6 heteroatoms. The van der Waals surface area contributed by atoms with Crippen LogP contribution in [0, 0.1) is 0 Å². The van der Waals surface area contributed by atoms with Gasteiger partial charge in [-0.2, -0.15) is 0 Å². The van der Waals surface area contributed by atoms with E-state index in [2.05, 4.69) is 10.6 Å². The molecule has 1 atom stereocenters. The highest BCUT2D eigenvalue weighted by Gasteiger charge is 2.47. The van der Waals surface area contributed by atoms with Gasteiger partial charge in [-0.15, -0.1) is 0 Å². The predicted octanol–water partition coefficient (Wildman–Crippen LogP) is 5.03. The van der Waals surface area contributed by atoms with Gasteiger partial charge in [0.2, 0.25) is 0 Å². The minimum atomic E-state index is -1.03. The van der Waals surface area contributed by atoms with Gasteiger partial charge in [0.25, 0.3) is 5.91 Å². The van der Waals surface area contributed by atoms with Crippen molar-refractivity contribution in [1.82, 2.24) is 0 Å². The molecule has 0 saturated heterocycles. The van der Waals surface area contributed by atoms with Crippen molar-refractivity contribution in [2.75, 3.05) is 17.2 Å². The summed E-state index contributed by atoms with van der Waals surface area (Å²) in [5.41, 5.74) is 3.16. The fourth-order valence-electron chi connectivity index (χ4n) is 3.85. The Morgan fingerprint density at radius 3 is 2.55 bits per heavy atom. The second kappa shape index (κ2) is 8.07. The van der Waals surface area contributed by atoms with Gasteiger partial charge >= 0.3 is 0 Å². The van der Waals surface area contributed by atoms with Crippen LogP contribution in [-0.2, 0) is 23.2 Å². The summed E-state index contributed by atoms with van der Waals surface area (Å²) >= 11 is 12.3. The first-order chi connectivity index (χ1) is 14.0. The molecular weight excluding hydrogens is 407 g/mol. The highest BCUT2D eigenvalue weighted by atomic mass is 35.5. The molecule has 29 heavy (non-hydrogen) atoms. The van der Waals surface area contributed by atoms with Gasteiger partial charge in [0.15, 0.2) is 0 Å². The van der Waals surface area contributed by atoms with E-state index in [0.29, 0.717) is 28.6 Å². The zero-order valence-electron chi connectivity index (χ0n) is 15.6. The van der Waals surface area contributed by atoms with Crippen LogP contribution in [0.25, 0.3) is 0 Å². The third kappa shape index (κ3) is 3.84. The number of para-hydroxylation sites is 1. The van der Waals surface area contributed by atoms with E-state index in [1.54, 1.807) is 12.1 Å². The number of carbonyl (C=O) groups excluding carboxylic acids is 1. The number of hydrogen-bond acceptors (Lipinski definition) is 3. The maximum Gasteiger partial charge on any atom is 0.255 e. The lowest BCUT2D eigenvalue weighted by Gasteiger charge is -2.31. The number of aliphatic hydroxyl groups is 1. The Bertz CT molecular complexity index is 1070. The Labute approximate surface area is 179 Å². The van der Waals surface area contributed by atoms with Crippen molar-refractivity contribution in [3.8, 4) is 0 Å². The molecule has 0 fully saturated rings. The van der Waals surface area contributed by atoms with Crippen LogP contribution in [0.4, 0.5) is 11.4 Å². The largest absolute Gasteiger partial charge is 0.396 e. The van der Waals surface area contributed by atoms with E-state index in [1.807, 2.05) is 54.6 Å². The second-order valence-corrected chi connectivity index (χ2v) is 7.98. The maximum atomic E-state index is 13.3. The number of amides is 1. The molecule has 4 nitrogen and oxygen atoms in total. The molecule has 0 radical (unpaired) electrons. The average molecular weight is 427 g/mol. The van der Waals surface area contributed by atoms with Gasteiger partial charge in [0.05, 0.1) is 0 Å². The number of halogens is 2. The second-order valence-electron chi connectivity index (χ2n) is 7.11. The van der Waals surface area contributed by atoms with Crippen LogP contribution in [0.5, 0.6) is 0 Å². The van der Waals surface area contributed by atoms with E-state index >= 15 is 0 Å². The number of anilines is 2. The van der Waals surface area contributed by atoms with E-state index in [0.717, 1.165) is 22.4 Å². The summed E-state index contributed by atoms with van der Waals surface area (Å²) < 4.78 is 0. The van der Waals surface area contributed by atoms with Crippen molar-refractivity contribution < 1.29 is 9.90 Å². The molecule has 1 heterocycles. The first-order valence-electron chi connectivity index (χ1n) is 9.35. The summed E-state index contributed by atoms with van der Waals surface area (Å²) in [6, 6.07) is 20.6. The number of fused-ring (bicyclic) bond motifs is 1. The van der Waals surface area contributed by atoms with Gasteiger partial charge < -0.3 is 15.7 Å². The minimum Gasteiger partial charge on any atom is -0.396 e. The molecule has 3 aromatic rings. The van der Waals surface area contributed by atoms with Crippen LogP contribution in [0.1, 0.15) is 16.7 Å². The molecular formula is C23H20Cl2N2O2. The highest BCUT2D eigenvalue weighted by Crippen LogP contribution is 2.42. The lowest BCUT2D eigenvalue weighted by Crippen LogP contribution is -2.44. The Morgan fingerprint density at radius 1 is 0.966 bits per heavy atom. The van der Waals surface area contributed by atoms with E-state index in [4.69, 9.17) is 23.2 Å². The summed E-state index contributed by atoms with van der Waals surface area (Å²) in [4.78, 5) is 13.3. The highest BCUT2D eigenvalue weighted by molar-refractivity contribution is 6.31. The SMILES string of the molecule is O=C1Nc2cc(Cl)ccc2C1(Cc1cccc(Cl)c1)Nc1ccccc1CCO. The van der Waals surface area contributed by atoms with Crippen LogP contribution in [0.3, 0.4) is 0 Å². The van der Waals surface area contributed by atoms with E-state index < -0.39 is 5.54 Å². The lowest BCUT2D eigenvalue weighted by molar-refractivity contribution is -0.119. The van der Waals surface area contributed by atoms with Gasteiger partial charge in [-0.3, -0.25) is 4.79 Å². The van der Waals surface area contributed by atoms with E-state index in [9.17, 15) is 9.90 Å². The third-order valence-corrected chi connectivity index (χ3v) is 5.65. The quantitative estimate of drug-likeness (QED) is 0.517. The van der Waals surface area contributed by atoms with E-state index in [1.165, 1.54) is 0 Å². The van der Waals surface area contributed by atoms with Crippen LogP contribution in [0.2, 0.25) is 10.0 Å². The van der Waals surface area contributed by atoms with Crippen molar-refractivity contribution in [2.45, 2.75) is 18.4 Å². The zero-order chi connectivity index (χ0) is 20.4. The molecule has 1 unspecified atom stereocenters. The summed E-state index contributed by atoms with van der Waals surface area (Å²) in [5.74, 6) is -0.159. The van der Waals surface area contributed by atoms with Crippen molar-refractivity contribution in [1.29, 1.82) is 0 Å². The van der Waals surface area contributed by atoms with Crippen molar-refractivity contribution in [2.24, 2.45) is 0 Å². The number of benzene rings is 3. The molecule has 1 aliphatic rings. The number of nitrogens with one attached hydrogen (secondary N) is 2. The molecule has 3 N–H and O–H groups in total. The zero-order valence-corrected chi connectivity index (χ0v) is 17.1. The molecule has 1 amide bonds. The number of aliphatic hydroxyl groups excluding tert-OH is 1. The van der Waals surface area contributed by atoms with Crippen molar-refractivity contribution in [3.05, 3.63) is 93.5 Å². The normalized spacial score (nSPS) is 17.7. The molecule has 4 rings (SSSR count). The Hall–Kier alpha value is -2.53. The maximum absolute atomic E-state index is 13.3. The molecule has 148 valence electrons. The summed E-state index contributed by atoms with van der Waals surface area (Å²) in [6.45, 7) is 0.0262. The molecule has 0 bridgehead atoms. The van der Waals surface area contributed by atoms with Crippen LogP contribution < -0.4 is 10.6 Å². The summed E-state index contributed by atoms with van der Waals surface area (Å²) in [6.07, 6.45) is 0.896. The first kappa shape index (κ1) is 19.8. The number of rotatable bonds is 6. The Kier molecular flexibility index (Phi) is 5.50. The topological polar surface area (TPSA) is 61.4 Å². The fraction of sp³-hybridized carbons (Fsp3) is 0.174. The third-order valence-electron chi connectivity index (χ3n) is 5.18. The van der Waals surface area contributed by atoms with E-state index in [-0.39, 0.29) is 12.5 Å². The number of carbonyl (C=O) groups is 1. The van der Waals surface area contributed by atoms with Crippen LogP contribution in [0.15, 0.2) is 66.7 Å². The monoisotopic (exact) mass is 426 g/mol. The standard InChI is InChI=1S/C23H20Cl2N2O2/c24-17-6-3-4-15(12-17)14-23(27-20-7-2-1-5-16(20)10-11-28)19-9-8-18(25)13-21(19)26-22(23)29/h1-9,12-13,27-28H,10-11,14H2,(H,26,29). The molecule has 1 aliphatic heterocycles. The fourth-order valence-corrected chi connectivity index (χ4v) is 4.24. The smallest absolute Gasteiger partial charge is 0.255 e. The average Bonchev–Trinajstić information content (AvgIpc) is 2.94. The van der Waals surface area contributed by atoms with Gasteiger partial charge in [-0.1, -0.05) is 59.6 Å². The molecule has 0 aliphatic carbocycles. The molecule has 0 aromatic heterocycles. The molecule has 0 spiro atoms. The lowest BCUT2D eigenvalue weighted by atomic mass is 9.84. The first-order valence-corrected chi connectivity index (χ1v) is 10.1. The summed E-state index contributed by atoms with van der Waals surface area (Å²) in [7, 11) is 0. The van der Waals surface area contributed by atoms with Crippen molar-refractivity contribution in [3.63, 3.8) is 0 Å². The van der Waals surface area contributed by atoms with Crippen LogP contribution >= 0.6 is 23.2 Å². The van der Waals surface area contributed by atoms with Gasteiger partial charge in [-0.25, -0.2) is 0 Å². The van der Waals surface area contributed by atoms with Gasteiger partial charge in [0.1, 0.15) is 5.54 Å². The number of hydrogen-bond donors (Lipinski definition) is 3. The van der Waals surface area contributed by atoms with Crippen molar-refractivity contribution >= 4 is 40.5 Å². The Morgan fingerprint density at radius 2 is 1.76 bits per heavy atom. The summed E-state index contributed by atoms with van der Waals surface area (Å²) in [5, 5.41) is 17.1. The van der Waals surface area contributed by atoms with Crippen LogP contribution in [-0.4, -0.2) is 17.6 Å². The van der Waals surface area contributed by atoms with Gasteiger partial charge in [0, 0.05) is 40.0 Å². The van der Waals surface area contributed by atoms with Gasteiger partial charge in [-0.05, 0) is 47.9 Å². The Balaban J connectivity index is 1.84. The molecule has 0 saturated carbocycles. The predicted molar refractivity (Wildman–Crippen MR) is 118 cm³/mol. The molecule has 3 aromatic carbocycles.